The predicted octanol–water partition coefficient (Wildman–Crippen LogP) is 1.70. The summed E-state index contributed by atoms with van der Waals surface area (Å²) in [6.45, 7) is 1.53. The fourth-order valence-electron chi connectivity index (χ4n) is 2.77. The molecule has 0 spiro atoms. The van der Waals surface area contributed by atoms with Crippen LogP contribution in [-0.4, -0.2) is 47.2 Å². The Morgan fingerprint density at radius 3 is 2.70 bits per heavy atom. The number of hydrogen-bond donors (Lipinski definition) is 3. The van der Waals surface area contributed by atoms with Gasteiger partial charge >= 0.3 is 0 Å². The van der Waals surface area contributed by atoms with E-state index in [0.29, 0.717) is 6.54 Å². The number of piperidine rings is 1. The summed E-state index contributed by atoms with van der Waals surface area (Å²) in [5, 5.41) is 22.8. The van der Waals surface area contributed by atoms with E-state index in [1.54, 1.807) is 4.90 Å². The first-order valence-corrected chi connectivity index (χ1v) is 7.11. The minimum atomic E-state index is -0.276. The number of rotatable bonds is 4. The summed E-state index contributed by atoms with van der Waals surface area (Å²) < 4.78 is 0. The molecule has 1 unspecified atom stereocenters. The normalized spacial score (nSPS) is 19.1. The zero-order chi connectivity index (χ0) is 14.5. The van der Waals surface area contributed by atoms with Crippen molar-refractivity contribution in [2.45, 2.75) is 31.7 Å². The van der Waals surface area contributed by atoms with E-state index in [2.05, 4.69) is 5.32 Å². The first-order valence-electron chi connectivity index (χ1n) is 7.11. The maximum absolute atomic E-state index is 12.6. The van der Waals surface area contributed by atoms with Gasteiger partial charge in [0.25, 0.3) is 5.91 Å². The molecule has 5 heteroatoms. The van der Waals surface area contributed by atoms with E-state index < -0.39 is 0 Å². The molecule has 1 heterocycles. The average Bonchev–Trinajstić information content (AvgIpc) is 2.45. The van der Waals surface area contributed by atoms with E-state index in [9.17, 15) is 15.0 Å². The molecule has 0 aromatic heterocycles. The van der Waals surface area contributed by atoms with Crippen LogP contribution >= 0.6 is 0 Å². The highest BCUT2D eigenvalue weighted by atomic mass is 16.3. The maximum Gasteiger partial charge on any atom is 0.261 e. The molecule has 1 atom stereocenters. The molecule has 0 bridgehead atoms. The third-order valence-corrected chi connectivity index (χ3v) is 3.85. The molecule has 1 amide bonds. The lowest BCUT2D eigenvalue weighted by molar-refractivity contribution is 0.0596. The monoisotopic (exact) mass is 278 g/mol. The van der Waals surface area contributed by atoms with Crippen LogP contribution in [0.3, 0.4) is 0 Å². The van der Waals surface area contributed by atoms with Gasteiger partial charge in [-0.3, -0.25) is 4.79 Å². The number of phenols is 2. The third-order valence-electron chi connectivity index (χ3n) is 3.85. The summed E-state index contributed by atoms with van der Waals surface area (Å²) in [4.78, 5) is 14.4. The van der Waals surface area contributed by atoms with Gasteiger partial charge in [-0.1, -0.05) is 6.07 Å². The molecule has 0 radical (unpaired) electrons. The van der Waals surface area contributed by atoms with Gasteiger partial charge in [-0.25, -0.2) is 0 Å². The molecule has 1 aliphatic heterocycles. The largest absolute Gasteiger partial charge is 0.507 e. The molecule has 3 N–H and O–H groups in total. The molecule has 1 aliphatic rings. The van der Waals surface area contributed by atoms with Crippen LogP contribution in [0.5, 0.6) is 11.5 Å². The van der Waals surface area contributed by atoms with E-state index in [1.807, 2.05) is 7.05 Å². The van der Waals surface area contributed by atoms with Gasteiger partial charge in [-0.05, 0) is 51.4 Å². The molecule has 1 aromatic carbocycles. The van der Waals surface area contributed by atoms with Gasteiger partial charge in [-0.15, -0.1) is 0 Å². The van der Waals surface area contributed by atoms with Crippen molar-refractivity contribution in [3.63, 3.8) is 0 Å². The minimum Gasteiger partial charge on any atom is -0.507 e. The summed E-state index contributed by atoms with van der Waals surface area (Å²) in [5.41, 5.74) is 0.0175. The second kappa shape index (κ2) is 6.61. The molecule has 20 heavy (non-hydrogen) atoms. The van der Waals surface area contributed by atoms with Crippen LogP contribution < -0.4 is 5.32 Å². The molecular weight excluding hydrogens is 256 g/mol. The number of nitrogens with one attached hydrogen (secondary N) is 1. The predicted molar refractivity (Wildman–Crippen MR) is 77.0 cm³/mol. The second-order valence-electron chi connectivity index (χ2n) is 5.21. The molecule has 2 rings (SSSR count). The van der Waals surface area contributed by atoms with E-state index in [1.165, 1.54) is 18.2 Å². The SMILES string of the molecule is CNCCC1CCCCN1C(=O)c1c(O)cccc1O. The third kappa shape index (κ3) is 3.04. The van der Waals surface area contributed by atoms with Crippen LogP contribution in [0, 0.1) is 0 Å². The Labute approximate surface area is 119 Å². The number of benzene rings is 1. The van der Waals surface area contributed by atoms with E-state index in [0.717, 1.165) is 32.2 Å². The van der Waals surface area contributed by atoms with Crippen molar-refractivity contribution in [2.24, 2.45) is 0 Å². The number of carbonyl (C=O) groups excluding carboxylic acids is 1. The van der Waals surface area contributed by atoms with Crippen molar-refractivity contribution < 1.29 is 15.0 Å². The van der Waals surface area contributed by atoms with Gasteiger partial charge in [-0.2, -0.15) is 0 Å². The number of carbonyl (C=O) groups is 1. The zero-order valence-corrected chi connectivity index (χ0v) is 11.8. The molecule has 0 aliphatic carbocycles. The van der Waals surface area contributed by atoms with Crippen molar-refractivity contribution in [1.82, 2.24) is 10.2 Å². The number of nitrogens with zero attached hydrogens (tertiary/aromatic N) is 1. The van der Waals surface area contributed by atoms with Crippen LogP contribution in [0.4, 0.5) is 0 Å². The second-order valence-corrected chi connectivity index (χ2v) is 5.21. The standard InChI is InChI=1S/C15H22N2O3/c1-16-9-8-11-5-2-3-10-17(11)15(20)14-12(18)6-4-7-13(14)19/h4,6-7,11,16,18-19H,2-3,5,8-10H2,1H3. The van der Waals surface area contributed by atoms with Gasteiger partial charge in [0.1, 0.15) is 17.1 Å². The van der Waals surface area contributed by atoms with E-state index in [4.69, 9.17) is 0 Å². The molecule has 1 saturated heterocycles. The summed E-state index contributed by atoms with van der Waals surface area (Å²) in [5.74, 6) is -0.595. The highest BCUT2D eigenvalue weighted by Crippen LogP contribution is 2.30. The lowest BCUT2D eigenvalue weighted by Gasteiger charge is -2.36. The molecule has 110 valence electrons. The Kier molecular flexibility index (Phi) is 4.84. The van der Waals surface area contributed by atoms with Crippen LogP contribution in [-0.2, 0) is 0 Å². The average molecular weight is 278 g/mol. The Morgan fingerprint density at radius 1 is 1.35 bits per heavy atom. The highest BCUT2D eigenvalue weighted by molar-refractivity contribution is 5.99. The summed E-state index contributed by atoms with van der Waals surface area (Å²) in [6.07, 6.45) is 3.94. The Morgan fingerprint density at radius 2 is 2.05 bits per heavy atom. The summed E-state index contributed by atoms with van der Waals surface area (Å²) >= 11 is 0. The van der Waals surface area contributed by atoms with Crippen molar-refractivity contribution in [1.29, 1.82) is 0 Å². The fraction of sp³-hybridized carbons (Fsp3) is 0.533. The molecule has 1 aromatic rings. The topological polar surface area (TPSA) is 72.8 Å². The Balaban J connectivity index is 2.21. The fourth-order valence-corrected chi connectivity index (χ4v) is 2.77. The van der Waals surface area contributed by atoms with Crippen LogP contribution in [0.25, 0.3) is 0 Å². The number of hydrogen-bond acceptors (Lipinski definition) is 4. The lowest BCUT2D eigenvalue weighted by Crippen LogP contribution is -2.44. The molecular formula is C15H22N2O3. The summed E-state index contributed by atoms with van der Waals surface area (Å²) in [6, 6.07) is 4.55. The Hall–Kier alpha value is -1.75. The first-order chi connectivity index (χ1) is 9.65. The lowest BCUT2D eigenvalue weighted by atomic mass is 9.97. The quantitative estimate of drug-likeness (QED) is 0.784. The van der Waals surface area contributed by atoms with Gasteiger partial charge in [0.05, 0.1) is 0 Å². The van der Waals surface area contributed by atoms with Crippen molar-refractivity contribution in [2.75, 3.05) is 20.1 Å². The van der Waals surface area contributed by atoms with Crippen molar-refractivity contribution in [3.8, 4) is 11.5 Å². The van der Waals surface area contributed by atoms with Crippen molar-refractivity contribution in [3.05, 3.63) is 23.8 Å². The van der Waals surface area contributed by atoms with Crippen LogP contribution in [0.15, 0.2) is 18.2 Å². The minimum absolute atomic E-state index is 0.0175. The number of amides is 1. The zero-order valence-electron chi connectivity index (χ0n) is 11.8. The van der Waals surface area contributed by atoms with Crippen LogP contribution in [0.2, 0.25) is 0 Å². The number of likely N-dealkylation sites (tertiary alicyclic amines) is 1. The van der Waals surface area contributed by atoms with Gasteiger partial charge < -0.3 is 20.4 Å². The first kappa shape index (κ1) is 14.7. The molecule has 5 nitrogen and oxygen atoms in total. The van der Waals surface area contributed by atoms with Crippen LogP contribution in [0.1, 0.15) is 36.0 Å². The number of aromatic hydroxyl groups is 2. The Bertz CT molecular complexity index is 456. The smallest absolute Gasteiger partial charge is 0.261 e. The van der Waals surface area contributed by atoms with Crippen molar-refractivity contribution >= 4 is 5.91 Å². The molecule has 0 saturated carbocycles. The molecule has 1 fully saturated rings. The van der Waals surface area contributed by atoms with Gasteiger partial charge in [0.15, 0.2) is 0 Å². The summed E-state index contributed by atoms with van der Waals surface area (Å²) in [7, 11) is 1.89. The van der Waals surface area contributed by atoms with E-state index in [-0.39, 0.29) is 29.0 Å². The van der Waals surface area contributed by atoms with Gasteiger partial charge in [0, 0.05) is 12.6 Å². The number of phenolic OH excluding ortho intramolecular Hbond substituents is 2. The highest BCUT2D eigenvalue weighted by Gasteiger charge is 2.29. The maximum atomic E-state index is 12.6. The van der Waals surface area contributed by atoms with E-state index >= 15 is 0 Å². The van der Waals surface area contributed by atoms with Gasteiger partial charge in [0.2, 0.25) is 0 Å².